The Morgan fingerprint density at radius 2 is 1.92 bits per heavy atom. The average Bonchev–Trinajstić information content (AvgIpc) is 2.58. The lowest BCUT2D eigenvalue weighted by Gasteiger charge is -2.10. The van der Waals surface area contributed by atoms with E-state index in [0.29, 0.717) is 29.5 Å². The Hall–Kier alpha value is -2.52. The number of halogens is 4. The van der Waals surface area contributed by atoms with Crippen molar-refractivity contribution in [1.29, 1.82) is 5.26 Å². The molecule has 0 heterocycles. The van der Waals surface area contributed by atoms with Gasteiger partial charge in [0, 0.05) is 5.02 Å². The highest BCUT2D eigenvalue weighted by atomic mass is 35.5. The predicted molar refractivity (Wildman–Crippen MR) is 86.4 cm³/mol. The van der Waals surface area contributed by atoms with Crippen molar-refractivity contribution >= 4 is 17.6 Å². The van der Waals surface area contributed by atoms with Crippen LogP contribution in [0.25, 0.3) is 0 Å². The molecular formula is C18H13ClF3NO2. The number of hydrogen-bond donors (Lipinski definition) is 0. The minimum absolute atomic E-state index is 0.0273. The van der Waals surface area contributed by atoms with Crippen LogP contribution in [0.15, 0.2) is 36.4 Å². The van der Waals surface area contributed by atoms with E-state index in [9.17, 15) is 18.0 Å². The van der Waals surface area contributed by atoms with Crippen LogP contribution < -0.4 is 0 Å². The van der Waals surface area contributed by atoms with E-state index < -0.39 is 17.7 Å². The second-order valence-corrected chi connectivity index (χ2v) is 5.73. The lowest BCUT2D eigenvalue weighted by molar-refractivity contribution is -0.137. The normalized spacial score (nSPS) is 11.0. The minimum Gasteiger partial charge on any atom is -0.465 e. The summed E-state index contributed by atoms with van der Waals surface area (Å²) in [5, 5.41) is 9.07. The van der Waals surface area contributed by atoms with E-state index in [-0.39, 0.29) is 10.6 Å². The molecule has 0 saturated heterocycles. The molecule has 0 saturated carbocycles. The average molecular weight is 368 g/mol. The second-order valence-electron chi connectivity index (χ2n) is 5.33. The lowest BCUT2D eigenvalue weighted by atomic mass is 9.99. The number of hydrogen-bond acceptors (Lipinski definition) is 3. The van der Waals surface area contributed by atoms with E-state index in [1.807, 2.05) is 6.07 Å². The summed E-state index contributed by atoms with van der Waals surface area (Å²) in [6.07, 6.45) is -3.67. The van der Waals surface area contributed by atoms with E-state index in [1.54, 1.807) is 12.1 Å². The molecule has 0 atom stereocenters. The number of ether oxygens (including phenoxy) is 1. The summed E-state index contributed by atoms with van der Waals surface area (Å²) in [4.78, 5) is 11.6. The fourth-order valence-electron chi connectivity index (χ4n) is 2.34. The van der Waals surface area contributed by atoms with Crippen molar-refractivity contribution in [3.05, 3.63) is 69.2 Å². The summed E-state index contributed by atoms with van der Waals surface area (Å²) in [7, 11) is 1.24. The SMILES string of the molecule is COC(=O)c1cc(C#N)cc(CCc2ccc(C(F)(F)F)cc2Cl)c1. The zero-order valence-corrected chi connectivity index (χ0v) is 13.9. The summed E-state index contributed by atoms with van der Waals surface area (Å²) < 4.78 is 42.6. The van der Waals surface area contributed by atoms with E-state index >= 15 is 0 Å². The van der Waals surface area contributed by atoms with Gasteiger partial charge < -0.3 is 4.74 Å². The van der Waals surface area contributed by atoms with Gasteiger partial charge >= 0.3 is 12.1 Å². The molecule has 0 radical (unpaired) electrons. The van der Waals surface area contributed by atoms with Gasteiger partial charge in [-0.15, -0.1) is 0 Å². The predicted octanol–water partition coefficient (Wildman–Crippen LogP) is 4.80. The van der Waals surface area contributed by atoms with Gasteiger partial charge in [0.2, 0.25) is 0 Å². The Bertz CT molecular complexity index is 841. The molecule has 0 aliphatic carbocycles. The fraction of sp³-hybridized carbons (Fsp3) is 0.222. The van der Waals surface area contributed by atoms with Crippen LogP contribution in [0.1, 0.15) is 32.6 Å². The van der Waals surface area contributed by atoms with Crippen molar-refractivity contribution in [3.8, 4) is 6.07 Å². The highest BCUT2D eigenvalue weighted by Gasteiger charge is 2.30. The number of nitrogens with zero attached hydrogens (tertiary/aromatic N) is 1. The number of nitriles is 1. The van der Waals surface area contributed by atoms with Gasteiger partial charge in [-0.3, -0.25) is 0 Å². The molecule has 0 amide bonds. The third-order valence-corrected chi connectivity index (χ3v) is 3.96. The van der Waals surface area contributed by atoms with Gasteiger partial charge in [-0.2, -0.15) is 18.4 Å². The largest absolute Gasteiger partial charge is 0.465 e. The number of esters is 1. The van der Waals surface area contributed by atoms with Gasteiger partial charge in [-0.1, -0.05) is 17.7 Å². The first-order valence-electron chi connectivity index (χ1n) is 7.22. The summed E-state index contributed by atoms with van der Waals surface area (Å²) in [6, 6.07) is 9.79. The van der Waals surface area contributed by atoms with Gasteiger partial charge in [0.25, 0.3) is 0 Å². The standard InChI is InChI=1S/C18H13ClF3NO2/c1-25-17(24)14-7-11(6-12(8-14)10-23)2-3-13-4-5-15(9-16(13)19)18(20,21)22/h4-9H,2-3H2,1H3. The highest BCUT2D eigenvalue weighted by Crippen LogP contribution is 2.32. The van der Waals surface area contributed by atoms with Crippen LogP contribution in [0.5, 0.6) is 0 Å². The number of carbonyl (C=O) groups is 1. The van der Waals surface area contributed by atoms with Crippen molar-refractivity contribution < 1.29 is 22.7 Å². The van der Waals surface area contributed by atoms with Crippen molar-refractivity contribution in [3.63, 3.8) is 0 Å². The summed E-state index contributed by atoms with van der Waals surface area (Å²) in [5.74, 6) is -0.564. The first-order chi connectivity index (χ1) is 11.7. The van der Waals surface area contributed by atoms with Crippen LogP contribution in [0.2, 0.25) is 5.02 Å². The first kappa shape index (κ1) is 18.8. The molecule has 25 heavy (non-hydrogen) atoms. The monoisotopic (exact) mass is 367 g/mol. The number of benzene rings is 2. The molecule has 2 rings (SSSR count). The number of carbonyl (C=O) groups excluding carboxylic acids is 1. The van der Waals surface area contributed by atoms with Crippen molar-refractivity contribution in [1.82, 2.24) is 0 Å². The quantitative estimate of drug-likeness (QED) is 0.729. The molecule has 2 aromatic rings. The van der Waals surface area contributed by atoms with Crippen LogP contribution in [0.3, 0.4) is 0 Å². The van der Waals surface area contributed by atoms with Crippen LogP contribution >= 0.6 is 11.6 Å². The third-order valence-electron chi connectivity index (χ3n) is 3.61. The Labute approximate surface area is 147 Å². The first-order valence-corrected chi connectivity index (χ1v) is 7.60. The summed E-state index contributed by atoms with van der Waals surface area (Å²) in [5.41, 5.74) is 0.985. The molecule has 2 aromatic carbocycles. The van der Waals surface area contributed by atoms with Crippen molar-refractivity contribution in [2.75, 3.05) is 7.11 Å². The Kier molecular flexibility index (Phi) is 5.70. The summed E-state index contributed by atoms with van der Waals surface area (Å²) >= 11 is 5.94. The maximum Gasteiger partial charge on any atom is 0.416 e. The Morgan fingerprint density at radius 1 is 1.20 bits per heavy atom. The molecule has 0 N–H and O–H groups in total. The van der Waals surface area contributed by atoms with E-state index in [0.717, 1.165) is 12.1 Å². The van der Waals surface area contributed by atoms with Gasteiger partial charge in [0.15, 0.2) is 0 Å². The van der Waals surface area contributed by atoms with Crippen molar-refractivity contribution in [2.45, 2.75) is 19.0 Å². The topological polar surface area (TPSA) is 50.1 Å². The fourth-order valence-corrected chi connectivity index (χ4v) is 2.62. The van der Waals surface area contributed by atoms with E-state index in [4.69, 9.17) is 16.9 Å². The summed E-state index contributed by atoms with van der Waals surface area (Å²) in [6.45, 7) is 0. The van der Waals surface area contributed by atoms with Gasteiger partial charge in [0.05, 0.1) is 29.9 Å². The molecular weight excluding hydrogens is 355 g/mol. The maximum atomic E-state index is 12.7. The second kappa shape index (κ2) is 7.58. The number of rotatable bonds is 4. The molecule has 0 aliphatic rings. The molecule has 130 valence electrons. The zero-order chi connectivity index (χ0) is 18.6. The number of alkyl halides is 3. The van der Waals surface area contributed by atoms with Gasteiger partial charge in [0.1, 0.15) is 0 Å². The molecule has 0 bridgehead atoms. The smallest absolute Gasteiger partial charge is 0.416 e. The van der Waals surface area contributed by atoms with Crippen LogP contribution in [-0.4, -0.2) is 13.1 Å². The van der Waals surface area contributed by atoms with E-state index in [1.165, 1.54) is 19.2 Å². The highest BCUT2D eigenvalue weighted by molar-refractivity contribution is 6.31. The molecule has 7 heteroatoms. The van der Waals surface area contributed by atoms with Gasteiger partial charge in [-0.05, 0) is 54.3 Å². The van der Waals surface area contributed by atoms with Crippen LogP contribution in [0.4, 0.5) is 13.2 Å². The Balaban J connectivity index is 2.21. The van der Waals surface area contributed by atoms with Gasteiger partial charge in [-0.25, -0.2) is 4.79 Å². The lowest BCUT2D eigenvalue weighted by Crippen LogP contribution is -2.06. The molecule has 0 unspecified atom stereocenters. The molecule has 0 aromatic heterocycles. The number of methoxy groups -OCH3 is 1. The molecule has 3 nitrogen and oxygen atoms in total. The maximum absolute atomic E-state index is 12.7. The van der Waals surface area contributed by atoms with E-state index in [2.05, 4.69) is 4.74 Å². The Morgan fingerprint density at radius 3 is 2.48 bits per heavy atom. The molecule has 0 fully saturated rings. The minimum atomic E-state index is -4.45. The van der Waals surface area contributed by atoms with Crippen LogP contribution in [-0.2, 0) is 23.8 Å². The number of aryl methyl sites for hydroxylation is 2. The third kappa shape index (κ3) is 4.74. The zero-order valence-electron chi connectivity index (χ0n) is 13.2. The molecule has 0 aliphatic heterocycles. The van der Waals surface area contributed by atoms with Crippen LogP contribution in [0, 0.1) is 11.3 Å². The van der Waals surface area contributed by atoms with Crippen molar-refractivity contribution in [2.24, 2.45) is 0 Å². The molecule has 0 spiro atoms.